The number of nitrogens with one attached hydrogen (secondary N) is 1. The first-order valence-electron chi connectivity index (χ1n) is 6.59. The van der Waals surface area contributed by atoms with Crippen molar-refractivity contribution in [1.29, 1.82) is 0 Å². The van der Waals surface area contributed by atoms with E-state index in [0.29, 0.717) is 0 Å². The van der Waals surface area contributed by atoms with E-state index in [9.17, 15) is 0 Å². The minimum absolute atomic E-state index is 0.757. The van der Waals surface area contributed by atoms with Gasteiger partial charge in [0, 0.05) is 18.6 Å². The van der Waals surface area contributed by atoms with Crippen molar-refractivity contribution < 1.29 is 0 Å². The molecule has 0 aromatic rings. The number of likely N-dealkylation sites (tertiary alicyclic amines) is 1. The summed E-state index contributed by atoms with van der Waals surface area (Å²) in [7, 11) is 2.23. The van der Waals surface area contributed by atoms with Crippen molar-refractivity contribution in [3.05, 3.63) is 0 Å². The molecule has 2 fully saturated rings. The van der Waals surface area contributed by atoms with E-state index in [4.69, 9.17) is 0 Å². The Bertz CT molecular complexity index is 205. The Balaban J connectivity index is 1.82. The minimum atomic E-state index is 0.757. The predicted molar refractivity (Wildman–Crippen MR) is 65.0 cm³/mol. The quantitative estimate of drug-likeness (QED) is 0.751. The Labute approximate surface area is 94.4 Å². The Morgan fingerprint density at radius 3 is 2.60 bits per heavy atom. The standard InChI is InChI=1S/C13H26N2/c1-10-4-5-11(2)13(8-10)14-12-6-7-15(3)9-12/h10-14H,4-9H2,1-3H3. The first-order valence-corrected chi connectivity index (χ1v) is 6.59. The van der Waals surface area contributed by atoms with Gasteiger partial charge in [0.2, 0.25) is 0 Å². The highest BCUT2D eigenvalue weighted by atomic mass is 15.2. The van der Waals surface area contributed by atoms with Crippen molar-refractivity contribution in [1.82, 2.24) is 10.2 Å². The van der Waals surface area contributed by atoms with Gasteiger partial charge in [0.05, 0.1) is 0 Å². The summed E-state index contributed by atoms with van der Waals surface area (Å²) >= 11 is 0. The third kappa shape index (κ3) is 2.94. The van der Waals surface area contributed by atoms with Crippen LogP contribution in [-0.4, -0.2) is 37.1 Å². The van der Waals surface area contributed by atoms with E-state index in [1.165, 1.54) is 38.8 Å². The van der Waals surface area contributed by atoms with Gasteiger partial charge in [0.25, 0.3) is 0 Å². The van der Waals surface area contributed by atoms with Crippen molar-refractivity contribution in [2.45, 2.75) is 51.6 Å². The number of likely N-dealkylation sites (N-methyl/N-ethyl adjacent to an activating group) is 1. The highest BCUT2D eigenvalue weighted by Crippen LogP contribution is 2.29. The van der Waals surface area contributed by atoms with Gasteiger partial charge in [-0.1, -0.05) is 20.3 Å². The van der Waals surface area contributed by atoms with Crippen LogP contribution >= 0.6 is 0 Å². The van der Waals surface area contributed by atoms with Crippen LogP contribution in [0.5, 0.6) is 0 Å². The third-order valence-corrected chi connectivity index (χ3v) is 4.30. The number of nitrogens with zero attached hydrogens (tertiary/aromatic N) is 1. The zero-order valence-electron chi connectivity index (χ0n) is 10.5. The topological polar surface area (TPSA) is 15.3 Å². The zero-order chi connectivity index (χ0) is 10.8. The fourth-order valence-corrected chi connectivity index (χ4v) is 3.14. The van der Waals surface area contributed by atoms with Crippen LogP contribution in [0, 0.1) is 11.8 Å². The van der Waals surface area contributed by atoms with Crippen LogP contribution in [-0.2, 0) is 0 Å². The lowest BCUT2D eigenvalue weighted by molar-refractivity contribution is 0.213. The molecular weight excluding hydrogens is 184 g/mol. The van der Waals surface area contributed by atoms with E-state index < -0.39 is 0 Å². The summed E-state index contributed by atoms with van der Waals surface area (Å²) in [6, 6.07) is 1.54. The molecule has 4 unspecified atom stereocenters. The van der Waals surface area contributed by atoms with Crippen LogP contribution < -0.4 is 5.32 Å². The second kappa shape index (κ2) is 4.84. The second-order valence-corrected chi connectivity index (χ2v) is 5.92. The normalized spacial score (nSPS) is 43.4. The summed E-state index contributed by atoms with van der Waals surface area (Å²) < 4.78 is 0. The molecule has 15 heavy (non-hydrogen) atoms. The maximum absolute atomic E-state index is 3.89. The Kier molecular flexibility index (Phi) is 3.68. The summed E-state index contributed by atoms with van der Waals surface area (Å²) in [5.74, 6) is 1.81. The molecule has 0 aromatic heterocycles. The van der Waals surface area contributed by atoms with Crippen molar-refractivity contribution in [2.24, 2.45) is 11.8 Å². The van der Waals surface area contributed by atoms with Gasteiger partial charge in [-0.05, 0) is 44.7 Å². The minimum Gasteiger partial charge on any atom is -0.310 e. The van der Waals surface area contributed by atoms with E-state index in [1.54, 1.807) is 0 Å². The second-order valence-electron chi connectivity index (χ2n) is 5.92. The lowest BCUT2D eigenvalue weighted by Crippen LogP contribution is -2.45. The maximum atomic E-state index is 3.89. The molecule has 0 amide bonds. The van der Waals surface area contributed by atoms with Crippen molar-refractivity contribution >= 4 is 0 Å². The smallest absolute Gasteiger partial charge is 0.0209 e. The molecule has 1 saturated heterocycles. The maximum Gasteiger partial charge on any atom is 0.0209 e. The van der Waals surface area contributed by atoms with E-state index in [-0.39, 0.29) is 0 Å². The molecule has 1 aliphatic heterocycles. The fraction of sp³-hybridized carbons (Fsp3) is 1.00. The molecule has 2 rings (SSSR count). The molecular formula is C13H26N2. The molecule has 0 spiro atoms. The summed E-state index contributed by atoms with van der Waals surface area (Å²) in [5, 5.41) is 3.89. The molecule has 88 valence electrons. The van der Waals surface area contributed by atoms with E-state index in [1.807, 2.05) is 0 Å². The SMILES string of the molecule is CC1CCC(C)C(NC2CCN(C)C2)C1. The van der Waals surface area contributed by atoms with Gasteiger partial charge in [-0.15, -0.1) is 0 Å². The van der Waals surface area contributed by atoms with Crippen molar-refractivity contribution in [2.75, 3.05) is 20.1 Å². The van der Waals surface area contributed by atoms with Crippen LogP contribution in [0.2, 0.25) is 0 Å². The highest BCUT2D eigenvalue weighted by Gasteiger charge is 2.29. The highest BCUT2D eigenvalue weighted by molar-refractivity contribution is 4.87. The van der Waals surface area contributed by atoms with Crippen molar-refractivity contribution in [3.63, 3.8) is 0 Å². The molecule has 1 N–H and O–H groups in total. The summed E-state index contributed by atoms with van der Waals surface area (Å²) in [6.07, 6.45) is 5.58. The average molecular weight is 210 g/mol. The van der Waals surface area contributed by atoms with E-state index >= 15 is 0 Å². The third-order valence-electron chi connectivity index (χ3n) is 4.30. The van der Waals surface area contributed by atoms with Crippen LogP contribution in [0.4, 0.5) is 0 Å². The molecule has 1 saturated carbocycles. The molecule has 2 heteroatoms. The molecule has 0 aromatic carbocycles. The molecule has 0 bridgehead atoms. The zero-order valence-corrected chi connectivity index (χ0v) is 10.5. The summed E-state index contributed by atoms with van der Waals surface area (Å²) in [6.45, 7) is 7.34. The molecule has 1 aliphatic carbocycles. The fourth-order valence-electron chi connectivity index (χ4n) is 3.14. The monoisotopic (exact) mass is 210 g/mol. The van der Waals surface area contributed by atoms with Gasteiger partial charge in [-0.2, -0.15) is 0 Å². The largest absolute Gasteiger partial charge is 0.310 e. The Hall–Kier alpha value is -0.0800. The van der Waals surface area contributed by atoms with E-state index in [2.05, 4.69) is 31.1 Å². The Morgan fingerprint density at radius 1 is 1.13 bits per heavy atom. The van der Waals surface area contributed by atoms with Crippen LogP contribution in [0.3, 0.4) is 0 Å². The van der Waals surface area contributed by atoms with Gasteiger partial charge in [0.15, 0.2) is 0 Å². The molecule has 2 nitrogen and oxygen atoms in total. The number of hydrogen-bond acceptors (Lipinski definition) is 2. The van der Waals surface area contributed by atoms with Crippen molar-refractivity contribution in [3.8, 4) is 0 Å². The first-order chi connectivity index (χ1) is 7.15. The predicted octanol–water partition coefficient (Wildman–Crippen LogP) is 2.10. The average Bonchev–Trinajstić information content (AvgIpc) is 2.58. The van der Waals surface area contributed by atoms with Gasteiger partial charge in [-0.25, -0.2) is 0 Å². The first kappa shape index (κ1) is 11.4. The molecule has 0 radical (unpaired) electrons. The number of hydrogen-bond donors (Lipinski definition) is 1. The Morgan fingerprint density at radius 2 is 1.93 bits per heavy atom. The van der Waals surface area contributed by atoms with Gasteiger partial charge in [-0.3, -0.25) is 0 Å². The lowest BCUT2D eigenvalue weighted by atomic mass is 9.80. The molecule has 2 aliphatic rings. The molecule has 4 atom stereocenters. The summed E-state index contributed by atoms with van der Waals surface area (Å²) in [4.78, 5) is 2.44. The van der Waals surface area contributed by atoms with Gasteiger partial charge >= 0.3 is 0 Å². The van der Waals surface area contributed by atoms with E-state index in [0.717, 1.165) is 23.9 Å². The van der Waals surface area contributed by atoms with Gasteiger partial charge in [0.1, 0.15) is 0 Å². The number of rotatable bonds is 2. The van der Waals surface area contributed by atoms with Crippen LogP contribution in [0.25, 0.3) is 0 Å². The molecule has 1 heterocycles. The van der Waals surface area contributed by atoms with Crippen LogP contribution in [0.1, 0.15) is 39.5 Å². The van der Waals surface area contributed by atoms with Gasteiger partial charge < -0.3 is 10.2 Å². The lowest BCUT2D eigenvalue weighted by Gasteiger charge is -2.35. The van der Waals surface area contributed by atoms with Crippen LogP contribution in [0.15, 0.2) is 0 Å². The summed E-state index contributed by atoms with van der Waals surface area (Å²) in [5.41, 5.74) is 0.